The van der Waals surface area contributed by atoms with E-state index in [9.17, 15) is 4.79 Å². The van der Waals surface area contributed by atoms with Crippen molar-refractivity contribution in [3.05, 3.63) is 24.5 Å². The molecular weight excluding hydrogens is 190 g/mol. The minimum Gasteiger partial charge on any atom is -0.328 e. The molecule has 0 spiro atoms. The van der Waals surface area contributed by atoms with Gasteiger partial charge < -0.3 is 11.1 Å². The molecule has 1 atom stereocenters. The van der Waals surface area contributed by atoms with Crippen molar-refractivity contribution in [2.75, 3.05) is 5.32 Å². The van der Waals surface area contributed by atoms with Crippen LogP contribution in [-0.2, 0) is 4.79 Å². The van der Waals surface area contributed by atoms with Gasteiger partial charge >= 0.3 is 0 Å². The normalized spacial score (nSPS) is 12.1. The Morgan fingerprint density at radius 3 is 3.07 bits per heavy atom. The quantitative estimate of drug-likeness (QED) is 0.769. The number of carbonyl (C=O) groups is 1. The molecule has 0 fully saturated rings. The highest BCUT2D eigenvalue weighted by atomic mass is 16.1. The number of nitrogens with two attached hydrogens (primary N) is 1. The lowest BCUT2D eigenvalue weighted by Gasteiger charge is -2.05. The molecule has 0 saturated heterocycles. The third-order valence-electron chi connectivity index (χ3n) is 2.01. The number of nitrogens with one attached hydrogen (secondary N) is 1. The van der Waals surface area contributed by atoms with Crippen molar-refractivity contribution in [2.24, 2.45) is 5.73 Å². The maximum absolute atomic E-state index is 11.4. The fourth-order valence-corrected chi connectivity index (χ4v) is 1.24. The van der Waals surface area contributed by atoms with Gasteiger partial charge in [-0.2, -0.15) is 0 Å². The number of carbonyl (C=O) groups excluding carboxylic acids is 1. The number of hydrogen-bond donors (Lipinski definition) is 2. The van der Waals surface area contributed by atoms with Gasteiger partial charge in [0, 0.05) is 18.7 Å². The van der Waals surface area contributed by atoms with E-state index in [1.807, 2.05) is 13.0 Å². The summed E-state index contributed by atoms with van der Waals surface area (Å²) in [4.78, 5) is 15.3. The predicted octanol–water partition coefficient (Wildman–Crippen LogP) is 1.54. The molecule has 1 amide bonds. The molecule has 1 rings (SSSR count). The smallest absolute Gasteiger partial charge is 0.224 e. The van der Waals surface area contributed by atoms with Gasteiger partial charge in [0.05, 0.1) is 11.9 Å². The van der Waals surface area contributed by atoms with Gasteiger partial charge in [0.15, 0.2) is 0 Å². The molecule has 0 aromatic carbocycles. The largest absolute Gasteiger partial charge is 0.328 e. The summed E-state index contributed by atoms with van der Waals surface area (Å²) in [6.07, 6.45) is 5.51. The van der Waals surface area contributed by atoms with Crippen molar-refractivity contribution in [2.45, 2.75) is 32.2 Å². The maximum Gasteiger partial charge on any atom is 0.224 e. The first-order valence-corrected chi connectivity index (χ1v) is 5.14. The zero-order valence-electron chi connectivity index (χ0n) is 8.94. The van der Waals surface area contributed by atoms with Gasteiger partial charge in [-0.3, -0.25) is 9.78 Å². The van der Waals surface area contributed by atoms with E-state index in [1.165, 1.54) is 0 Å². The first kappa shape index (κ1) is 11.7. The second kappa shape index (κ2) is 6.14. The summed E-state index contributed by atoms with van der Waals surface area (Å²) in [7, 11) is 0. The first-order chi connectivity index (χ1) is 7.18. The molecule has 0 aliphatic carbocycles. The number of amides is 1. The summed E-state index contributed by atoms with van der Waals surface area (Å²) >= 11 is 0. The van der Waals surface area contributed by atoms with Gasteiger partial charge in [-0.25, -0.2) is 0 Å². The standard InChI is InChI=1S/C11H17N3O/c1-9(12)4-2-6-11(15)14-10-5-3-7-13-8-10/h3,5,7-9H,2,4,6,12H2,1H3,(H,14,15). The second-order valence-corrected chi connectivity index (χ2v) is 3.66. The molecule has 0 aliphatic rings. The van der Waals surface area contributed by atoms with Crippen molar-refractivity contribution < 1.29 is 4.79 Å². The van der Waals surface area contributed by atoms with Crippen LogP contribution in [0.25, 0.3) is 0 Å². The fraction of sp³-hybridized carbons (Fsp3) is 0.455. The van der Waals surface area contributed by atoms with Crippen LogP contribution < -0.4 is 11.1 Å². The third kappa shape index (κ3) is 5.12. The summed E-state index contributed by atoms with van der Waals surface area (Å²) in [6, 6.07) is 3.77. The minimum absolute atomic E-state index is 0.0173. The van der Waals surface area contributed by atoms with E-state index in [2.05, 4.69) is 10.3 Å². The number of rotatable bonds is 5. The van der Waals surface area contributed by atoms with Crippen LogP contribution in [0.2, 0.25) is 0 Å². The van der Waals surface area contributed by atoms with Crippen LogP contribution in [0.15, 0.2) is 24.5 Å². The average Bonchev–Trinajstić information content (AvgIpc) is 2.18. The number of hydrogen-bond acceptors (Lipinski definition) is 3. The molecular formula is C11H17N3O. The molecule has 1 unspecified atom stereocenters. The van der Waals surface area contributed by atoms with E-state index in [4.69, 9.17) is 5.73 Å². The average molecular weight is 207 g/mol. The van der Waals surface area contributed by atoms with Crippen LogP contribution >= 0.6 is 0 Å². The van der Waals surface area contributed by atoms with Crippen LogP contribution in [-0.4, -0.2) is 16.9 Å². The Labute approximate surface area is 89.9 Å². The van der Waals surface area contributed by atoms with Gasteiger partial charge in [0.2, 0.25) is 5.91 Å². The summed E-state index contributed by atoms with van der Waals surface area (Å²) in [6.45, 7) is 1.94. The van der Waals surface area contributed by atoms with Crippen molar-refractivity contribution >= 4 is 11.6 Å². The van der Waals surface area contributed by atoms with E-state index in [0.29, 0.717) is 6.42 Å². The highest BCUT2D eigenvalue weighted by Gasteiger charge is 2.02. The Hall–Kier alpha value is -1.42. The summed E-state index contributed by atoms with van der Waals surface area (Å²) < 4.78 is 0. The number of pyridine rings is 1. The summed E-state index contributed by atoms with van der Waals surface area (Å²) in [5.74, 6) is 0.0173. The first-order valence-electron chi connectivity index (χ1n) is 5.14. The van der Waals surface area contributed by atoms with Gasteiger partial charge in [0.25, 0.3) is 0 Å². The molecule has 0 radical (unpaired) electrons. The maximum atomic E-state index is 11.4. The molecule has 1 heterocycles. The molecule has 4 nitrogen and oxygen atoms in total. The lowest BCUT2D eigenvalue weighted by molar-refractivity contribution is -0.116. The highest BCUT2D eigenvalue weighted by Crippen LogP contribution is 2.05. The Morgan fingerprint density at radius 1 is 1.67 bits per heavy atom. The Bertz CT molecular complexity index is 298. The van der Waals surface area contributed by atoms with Crippen LogP contribution in [0.1, 0.15) is 26.2 Å². The lowest BCUT2D eigenvalue weighted by atomic mass is 10.1. The van der Waals surface area contributed by atoms with Crippen LogP contribution in [0.4, 0.5) is 5.69 Å². The van der Waals surface area contributed by atoms with E-state index in [1.54, 1.807) is 18.5 Å². The van der Waals surface area contributed by atoms with E-state index in [-0.39, 0.29) is 11.9 Å². The van der Waals surface area contributed by atoms with E-state index < -0.39 is 0 Å². The van der Waals surface area contributed by atoms with Gasteiger partial charge in [0.1, 0.15) is 0 Å². The van der Waals surface area contributed by atoms with E-state index in [0.717, 1.165) is 18.5 Å². The van der Waals surface area contributed by atoms with Gasteiger partial charge in [-0.15, -0.1) is 0 Å². The van der Waals surface area contributed by atoms with Crippen molar-refractivity contribution in [1.82, 2.24) is 4.98 Å². The third-order valence-corrected chi connectivity index (χ3v) is 2.01. The van der Waals surface area contributed by atoms with Crippen LogP contribution in [0.3, 0.4) is 0 Å². The molecule has 0 saturated carbocycles. The van der Waals surface area contributed by atoms with Crippen LogP contribution in [0, 0.1) is 0 Å². The molecule has 15 heavy (non-hydrogen) atoms. The summed E-state index contributed by atoms with van der Waals surface area (Å²) in [5.41, 5.74) is 6.33. The number of aromatic nitrogens is 1. The predicted molar refractivity (Wildman–Crippen MR) is 60.4 cm³/mol. The Kier molecular flexibility index (Phi) is 4.77. The monoisotopic (exact) mass is 207 g/mol. The van der Waals surface area contributed by atoms with Gasteiger partial charge in [-0.05, 0) is 31.9 Å². The van der Waals surface area contributed by atoms with E-state index >= 15 is 0 Å². The number of nitrogens with zero attached hydrogens (tertiary/aromatic N) is 1. The number of anilines is 1. The Balaban J connectivity index is 2.25. The molecule has 1 aromatic rings. The second-order valence-electron chi connectivity index (χ2n) is 3.66. The molecule has 0 bridgehead atoms. The van der Waals surface area contributed by atoms with Crippen molar-refractivity contribution in [1.29, 1.82) is 0 Å². The molecule has 1 aromatic heterocycles. The molecule has 82 valence electrons. The molecule has 4 heteroatoms. The fourth-order valence-electron chi connectivity index (χ4n) is 1.24. The Morgan fingerprint density at radius 2 is 2.47 bits per heavy atom. The zero-order valence-corrected chi connectivity index (χ0v) is 8.94. The van der Waals surface area contributed by atoms with Crippen LogP contribution in [0.5, 0.6) is 0 Å². The summed E-state index contributed by atoms with van der Waals surface area (Å²) in [5, 5.41) is 2.77. The zero-order chi connectivity index (χ0) is 11.1. The molecule has 0 aliphatic heterocycles. The van der Waals surface area contributed by atoms with Crippen molar-refractivity contribution in [3.63, 3.8) is 0 Å². The lowest BCUT2D eigenvalue weighted by Crippen LogP contribution is -2.16. The van der Waals surface area contributed by atoms with Crippen molar-refractivity contribution in [3.8, 4) is 0 Å². The topological polar surface area (TPSA) is 68.0 Å². The van der Waals surface area contributed by atoms with Gasteiger partial charge in [-0.1, -0.05) is 0 Å². The molecule has 3 N–H and O–H groups in total. The highest BCUT2D eigenvalue weighted by molar-refractivity contribution is 5.90. The minimum atomic E-state index is 0.0173. The SMILES string of the molecule is CC(N)CCCC(=O)Nc1cccnc1.